The molecule has 2 heterocycles. The van der Waals surface area contributed by atoms with Gasteiger partial charge in [0.25, 0.3) is 0 Å². The quantitative estimate of drug-likeness (QED) is 0.791. The molecule has 1 N–H and O–H groups in total. The Morgan fingerprint density at radius 2 is 2.00 bits per heavy atom. The van der Waals surface area contributed by atoms with Gasteiger partial charge in [-0.1, -0.05) is 5.16 Å². The van der Waals surface area contributed by atoms with Crippen LogP contribution in [0.2, 0.25) is 0 Å². The number of carbonyl (C=O) groups is 1. The monoisotopic (exact) mass is 433 g/mol. The number of nitrogens with one attached hydrogen (secondary N) is 1. The fourth-order valence-electron chi connectivity index (χ4n) is 3.45. The van der Waals surface area contributed by atoms with E-state index in [1.165, 1.54) is 14.2 Å². The van der Waals surface area contributed by atoms with E-state index in [1.54, 1.807) is 0 Å². The van der Waals surface area contributed by atoms with E-state index in [0.717, 1.165) is 12.1 Å². The van der Waals surface area contributed by atoms with Gasteiger partial charge < -0.3 is 14.9 Å². The third kappa shape index (κ3) is 4.49. The minimum Gasteiger partial charge on any atom is -0.453 e. The lowest BCUT2D eigenvalue weighted by molar-refractivity contribution is 0.0827. The van der Waals surface area contributed by atoms with E-state index in [2.05, 4.69) is 19.6 Å². The second-order valence-electron chi connectivity index (χ2n) is 6.99. The van der Waals surface area contributed by atoms with Gasteiger partial charge in [0.05, 0.1) is 24.9 Å². The zero-order valence-electron chi connectivity index (χ0n) is 16.0. The summed E-state index contributed by atoms with van der Waals surface area (Å²) in [5, 5.41) is 6.26. The maximum Gasteiger partial charge on any atom is 0.406 e. The number of amides is 1. The number of ether oxygens (including phenoxy) is 1. The van der Waals surface area contributed by atoms with Gasteiger partial charge in [-0.25, -0.2) is 26.5 Å². The molecule has 1 atom stereocenters. The average Bonchev–Trinajstić information content (AvgIpc) is 3.17. The van der Waals surface area contributed by atoms with E-state index in [1.807, 2.05) is 0 Å². The van der Waals surface area contributed by atoms with Crippen molar-refractivity contribution < 1.29 is 31.7 Å². The third-order valence-electron chi connectivity index (χ3n) is 5.18. The predicted molar refractivity (Wildman–Crippen MR) is 101 cm³/mol. The maximum absolute atomic E-state index is 15.3. The van der Waals surface area contributed by atoms with Gasteiger partial charge in [-0.15, -0.1) is 0 Å². The molecule has 160 valence electrons. The normalized spacial score (nSPS) is 29.0. The Balaban J connectivity index is 1.75. The van der Waals surface area contributed by atoms with Crippen LogP contribution in [0.4, 0.5) is 18.0 Å². The molecule has 11 heteroatoms. The molecule has 2 aliphatic heterocycles. The van der Waals surface area contributed by atoms with Crippen LogP contribution in [0.15, 0.2) is 21.7 Å². The molecule has 1 fully saturated rings. The summed E-state index contributed by atoms with van der Waals surface area (Å²) in [6.07, 6.45) is -1.46. The number of nitrogens with zero attached hydrogens (tertiary/aromatic N) is 2. The summed E-state index contributed by atoms with van der Waals surface area (Å²) in [5.41, 5.74) is -2.46. The van der Waals surface area contributed by atoms with Crippen molar-refractivity contribution in [2.45, 2.75) is 31.0 Å². The molecule has 0 saturated carbocycles. The van der Waals surface area contributed by atoms with Crippen molar-refractivity contribution in [2.75, 3.05) is 32.2 Å². The number of benzene rings is 1. The second kappa shape index (κ2) is 8.21. The maximum atomic E-state index is 15.3. The van der Waals surface area contributed by atoms with Gasteiger partial charge in [0, 0.05) is 40.3 Å². The second-order valence-corrected chi connectivity index (χ2v) is 9.71. The molecule has 7 nitrogen and oxygen atoms in total. The molecule has 1 amide bonds. The van der Waals surface area contributed by atoms with Crippen molar-refractivity contribution in [3.05, 3.63) is 34.9 Å². The van der Waals surface area contributed by atoms with Crippen LogP contribution in [0.3, 0.4) is 0 Å². The van der Waals surface area contributed by atoms with E-state index < -0.39 is 44.8 Å². The van der Waals surface area contributed by atoms with E-state index in [4.69, 9.17) is 4.84 Å². The molecule has 0 spiro atoms. The average molecular weight is 433 g/mol. The molecule has 3 rings (SSSR count). The summed E-state index contributed by atoms with van der Waals surface area (Å²) in [7, 11) is 0.118. The highest BCUT2D eigenvalue weighted by Gasteiger charge is 2.42. The van der Waals surface area contributed by atoms with Gasteiger partial charge in [0.1, 0.15) is 17.3 Å². The highest BCUT2D eigenvalue weighted by atomic mass is 32.2. The van der Waals surface area contributed by atoms with Crippen LogP contribution in [0, 0.1) is 11.6 Å². The van der Waals surface area contributed by atoms with Crippen LogP contribution < -0.4 is 5.32 Å². The van der Waals surface area contributed by atoms with Crippen molar-refractivity contribution in [3.63, 3.8) is 0 Å². The van der Waals surface area contributed by atoms with E-state index >= 15 is 4.39 Å². The number of carbonyl (C=O) groups excluding carboxylic acids is 1. The summed E-state index contributed by atoms with van der Waals surface area (Å²) in [6, 6.07) is 2.04. The number of methoxy groups -OCH3 is 1. The third-order valence-corrected chi connectivity index (χ3v) is 7.53. The van der Waals surface area contributed by atoms with Crippen molar-refractivity contribution in [3.8, 4) is 0 Å². The van der Waals surface area contributed by atoms with Gasteiger partial charge in [-0.2, -0.15) is 0 Å². The smallest absolute Gasteiger partial charge is 0.406 e. The Labute approximate surface area is 166 Å². The van der Waals surface area contributed by atoms with Crippen LogP contribution in [-0.2, 0) is 25.0 Å². The number of alkyl carbamates (subject to hydrolysis) is 1. The topological polar surface area (TPSA) is 89.4 Å². The number of halogens is 3. The standard InChI is InChI=1S/C18H22F3N3O4S/c1-22-29(26)5-3-18(21,4-6-29)16-13(19)7-11(8-14(16)20)15-9-12(28-24-15)10-23-17(25)27-2/h7-8,12H,3-6,9-10H2,1-2H3,(H,23,25)/t12-,18-,29-/m1/s1. The summed E-state index contributed by atoms with van der Waals surface area (Å²) in [6.45, 7) is 0.109. The summed E-state index contributed by atoms with van der Waals surface area (Å²) < 4.78 is 65.3. The minimum atomic E-state index is -2.51. The Bertz CT molecular complexity index is 923. The van der Waals surface area contributed by atoms with Crippen LogP contribution in [-0.4, -0.2) is 54.3 Å². The van der Waals surface area contributed by atoms with Gasteiger partial charge >= 0.3 is 6.09 Å². The number of alkyl halides is 1. The van der Waals surface area contributed by atoms with Crippen molar-refractivity contribution in [1.29, 1.82) is 0 Å². The lowest BCUT2D eigenvalue weighted by atomic mass is 9.87. The summed E-state index contributed by atoms with van der Waals surface area (Å²) >= 11 is 0. The lowest BCUT2D eigenvalue weighted by Crippen LogP contribution is -2.35. The molecule has 0 aromatic heterocycles. The molecule has 1 aromatic carbocycles. The molecule has 0 aliphatic carbocycles. The van der Waals surface area contributed by atoms with Crippen LogP contribution in [0.5, 0.6) is 0 Å². The van der Waals surface area contributed by atoms with E-state index in [9.17, 15) is 17.8 Å². The number of oxime groups is 1. The van der Waals surface area contributed by atoms with Gasteiger partial charge in [0.15, 0.2) is 6.10 Å². The Kier molecular flexibility index (Phi) is 6.06. The molecule has 29 heavy (non-hydrogen) atoms. The minimum absolute atomic E-state index is 0.0456. The summed E-state index contributed by atoms with van der Waals surface area (Å²) in [5.74, 6) is -2.14. The first kappa shape index (κ1) is 21.4. The molecule has 1 saturated heterocycles. The largest absolute Gasteiger partial charge is 0.453 e. The predicted octanol–water partition coefficient (Wildman–Crippen LogP) is 2.87. The SMILES string of the molecule is CN=[S@]1(=O)CC[C@@](F)(c2c(F)cc(C3=NO[C@@H](CNC(=O)OC)C3)cc2F)CC1. The fourth-order valence-corrected chi connectivity index (χ4v) is 5.30. The first-order chi connectivity index (χ1) is 13.7. The number of hydrogen-bond donors (Lipinski definition) is 1. The molecule has 0 unspecified atom stereocenters. The summed E-state index contributed by atoms with van der Waals surface area (Å²) in [4.78, 5) is 16.3. The van der Waals surface area contributed by atoms with Crippen LogP contribution in [0.25, 0.3) is 0 Å². The van der Waals surface area contributed by atoms with Crippen molar-refractivity contribution in [1.82, 2.24) is 5.32 Å². The van der Waals surface area contributed by atoms with Gasteiger partial charge in [0.2, 0.25) is 0 Å². The fraction of sp³-hybridized carbons (Fsp3) is 0.556. The molecule has 1 aromatic rings. The zero-order valence-corrected chi connectivity index (χ0v) is 16.9. The number of rotatable bonds is 4. The molecule has 0 radical (unpaired) electrons. The van der Waals surface area contributed by atoms with Crippen molar-refractivity contribution >= 4 is 21.5 Å². The van der Waals surface area contributed by atoms with Gasteiger partial charge in [-0.05, 0) is 25.0 Å². The van der Waals surface area contributed by atoms with E-state index in [-0.39, 0.29) is 48.6 Å². The lowest BCUT2D eigenvalue weighted by Gasteiger charge is -2.32. The molecule has 0 bridgehead atoms. The van der Waals surface area contributed by atoms with Crippen LogP contribution >= 0.6 is 0 Å². The first-order valence-electron chi connectivity index (χ1n) is 9.03. The molecule has 2 aliphatic rings. The molecular weight excluding hydrogens is 411 g/mol. The highest BCUT2D eigenvalue weighted by molar-refractivity contribution is 7.93. The van der Waals surface area contributed by atoms with Crippen molar-refractivity contribution in [2.24, 2.45) is 9.52 Å². The highest BCUT2D eigenvalue weighted by Crippen LogP contribution is 2.41. The Morgan fingerprint density at radius 1 is 1.38 bits per heavy atom. The number of hydrogen-bond acceptors (Lipinski definition) is 6. The first-order valence-corrected chi connectivity index (χ1v) is 10.9. The zero-order chi connectivity index (χ0) is 21.2. The Hall–Kier alpha value is -2.30. The Morgan fingerprint density at radius 3 is 2.55 bits per heavy atom. The molecular formula is C18H22F3N3O4S. The van der Waals surface area contributed by atoms with Crippen LogP contribution in [0.1, 0.15) is 30.4 Å². The van der Waals surface area contributed by atoms with E-state index in [0.29, 0.717) is 0 Å². The van der Waals surface area contributed by atoms with Gasteiger partial charge in [-0.3, -0.25) is 0 Å².